The minimum absolute atomic E-state index is 0.0979. The van der Waals surface area contributed by atoms with Crippen LogP contribution in [0.5, 0.6) is 5.75 Å². The lowest BCUT2D eigenvalue weighted by Crippen LogP contribution is -2.09. The Kier molecular flexibility index (Phi) is 5.67. The molecule has 4 rings (SSSR count). The van der Waals surface area contributed by atoms with Crippen molar-refractivity contribution < 1.29 is 18.8 Å². The van der Waals surface area contributed by atoms with Gasteiger partial charge in [0.2, 0.25) is 0 Å². The van der Waals surface area contributed by atoms with Crippen LogP contribution in [0, 0.1) is 25.2 Å². The summed E-state index contributed by atoms with van der Waals surface area (Å²) in [5.41, 5.74) is 3.30. The molecule has 0 fully saturated rings. The Bertz CT molecular complexity index is 1260. The van der Waals surface area contributed by atoms with Crippen molar-refractivity contribution in [2.24, 2.45) is 0 Å². The van der Waals surface area contributed by atoms with Crippen LogP contribution in [0.1, 0.15) is 38.5 Å². The van der Waals surface area contributed by atoms with Gasteiger partial charge in [0.05, 0.1) is 22.9 Å². The van der Waals surface area contributed by atoms with Crippen molar-refractivity contribution in [1.82, 2.24) is 5.16 Å². The predicted molar refractivity (Wildman–Crippen MR) is 115 cm³/mol. The number of aromatic nitrogens is 1. The van der Waals surface area contributed by atoms with Crippen LogP contribution in [0.3, 0.4) is 0 Å². The lowest BCUT2D eigenvalue weighted by Gasteiger charge is -2.13. The van der Waals surface area contributed by atoms with Gasteiger partial charge >= 0.3 is 5.97 Å². The number of nitriles is 1. The van der Waals surface area contributed by atoms with Crippen LogP contribution in [0.2, 0.25) is 0 Å². The largest absolute Gasteiger partial charge is 0.488 e. The Morgan fingerprint density at radius 1 is 1.03 bits per heavy atom. The van der Waals surface area contributed by atoms with E-state index in [4.69, 9.17) is 19.3 Å². The number of rotatable bonds is 6. The summed E-state index contributed by atoms with van der Waals surface area (Å²) in [7, 11) is 0. The van der Waals surface area contributed by atoms with E-state index in [-0.39, 0.29) is 13.2 Å². The van der Waals surface area contributed by atoms with Gasteiger partial charge in [-0.2, -0.15) is 5.26 Å². The minimum Gasteiger partial charge on any atom is -0.488 e. The molecule has 31 heavy (non-hydrogen) atoms. The van der Waals surface area contributed by atoms with Crippen molar-refractivity contribution in [3.63, 3.8) is 0 Å². The van der Waals surface area contributed by atoms with Gasteiger partial charge in [0.25, 0.3) is 0 Å². The second-order valence-electron chi connectivity index (χ2n) is 7.17. The topological polar surface area (TPSA) is 85.3 Å². The molecule has 0 aliphatic heterocycles. The molecule has 0 spiro atoms. The van der Waals surface area contributed by atoms with E-state index < -0.39 is 5.97 Å². The number of carbonyl (C=O) groups excluding carboxylic acids is 1. The van der Waals surface area contributed by atoms with Crippen molar-refractivity contribution in [1.29, 1.82) is 5.26 Å². The number of fused-ring (bicyclic) bond motifs is 1. The summed E-state index contributed by atoms with van der Waals surface area (Å²) < 4.78 is 16.7. The molecule has 0 unspecified atom stereocenters. The summed E-state index contributed by atoms with van der Waals surface area (Å²) in [5, 5.41) is 14.7. The summed E-state index contributed by atoms with van der Waals surface area (Å²) >= 11 is 0. The maximum Gasteiger partial charge on any atom is 0.342 e. The Balaban J connectivity index is 1.58. The Hall–Kier alpha value is -4.11. The molecule has 3 aromatic carbocycles. The van der Waals surface area contributed by atoms with Crippen molar-refractivity contribution >= 4 is 16.7 Å². The highest BCUT2D eigenvalue weighted by Gasteiger charge is 2.18. The number of benzene rings is 3. The third-order valence-electron chi connectivity index (χ3n) is 5.07. The molecule has 6 nitrogen and oxygen atoms in total. The van der Waals surface area contributed by atoms with Crippen LogP contribution in [0.15, 0.2) is 65.2 Å². The van der Waals surface area contributed by atoms with Crippen LogP contribution in [-0.2, 0) is 18.0 Å². The smallest absolute Gasteiger partial charge is 0.342 e. The van der Waals surface area contributed by atoms with E-state index >= 15 is 0 Å². The number of aryl methyl sites for hydroxylation is 2. The molecule has 154 valence electrons. The van der Waals surface area contributed by atoms with E-state index in [9.17, 15) is 4.79 Å². The summed E-state index contributed by atoms with van der Waals surface area (Å²) in [6.45, 7) is 4.00. The standard InChI is InChI=1S/C25H20N2O4/c1-16-23(17(2)31-27-16)15-29-24-12-21-6-4-3-5-20(21)11-22(24)25(28)30-14-19-9-7-18(13-26)8-10-19/h3-12H,14-15H2,1-2H3. The summed E-state index contributed by atoms with van der Waals surface area (Å²) in [5.74, 6) is 0.635. The molecule has 1 heterocycles. The molecule has 0 saturated carbocycles. The zero-order valence-electron chi connectivity index (χ0n) is 17.2. The monoisotopic (exact) mass is 412 g/mol. The van der Waals surface area contributed by atoms with E-state index in [0.29, 0.717) is 22.6 Å². The number of hydrogen-bond donors (Lipinski definition) is 0. The maximum absolute atomic E-state index is 12.9. The van der Waals surface area contributed by atoms with Gasteiger partial charge in [-0.05, 0) is 54.4 Å². The average Bonchev–Trinajstić information content (AvgIpc) is 3.12. The van der Waals surface area contributed by atoms with Crippen LogP contribution in [0.25, 0.3) is 10.8 Å². The highest BCUT2D eigenvalue weighted by Crippen LogP contribution is 2.28. The zero-order valence-corrected chi connectivity index (χ0v) is 17.2. The third kappa shape index (κ3) is 4.41. The van der Waals surface area contributed by atoms with E-state index in [1.54, 1.807) is 30.3 Å². The van der Waals surface area contributed by atoms with E-state index in [1.165, 1.54) is 0 Å². The molecular formula is C25H20N2O4. The van der Waals surface area contributed by atoms with E-state index in [2.05, 4.69) is 11.2 Å². The number of hydrogen-bond acceptors (Lipinski definition) is 6. The zero-order chi connectivity index (χ0) is 21.8. The minimum atomic E-state index is -0.483. The lowest BCUT2D eigenvalue weighted by molar-refractivity contribution is 0.0468. The quantitative estimate of drug-likeness (QED) is 0.402. The Morgan fingerprint density at radius 3 is 2.39 bits per heavy atom. The van der Waals surface area contributed by atoms with Gasteiger partial charge in [0.1, 0.15) is 30.3 Å². The molecule has 0 atom stereocenters. The van der Waals surface area contributed by atoms with Gasteiger partial charge in [-0.1, -0.05) is 41.6 Å². The number of nitrogens with zero attached hydrogens (tertiary/aromatic N) is 2. The lowest BCUT2D eigenvalue weighted by atomic mass is 10.1. The Morgan fingerprint density at radius 2 is 1.74 bits per heavy atom. The summed E-state index contributed by atoms with van der Waals surface area (Å²) in [6.07, 6.45) is 0. The summed E-state index contributed by atoms with van der Waals surface area (Å²) in [6, 6.07) is 20.3. The van der Waals surface area contributed by atoms with Gasteiger partial charge in [-0.25, -0.2) is 4.79 Å². The summed E-state index contributed by atoms with van der Waals surface area (Å²) in [4.78, 5) is 12.9. The Labute approximate surface area is 179 Å². The fourth-order valence-corrected chi connectivity index (χ4v) is 3.26. The molecule has 0 bridgehead atoms. The molecule has 6 heteroatoms. The van der Waals surface area contributed by atoms with Gasteiger partial charge in [-0.3, -0.25) is 0 Å². The van der Waals surface area contributed by atoms with Gasteiger partial charge in [0.15, 0.2) is 0 Å². The van der Waals surface area contributed by atoms with Crippen LogP contribution < -0.4 is 4.74 Å². The van der Waals surface area contributed by atoms with Crippen molar-refractivity contribution in [3.8, 4) is 11.8 Å². The molecule has 0 N–H and O–H groups in total. The first-order valence-electron chi connectivity index (χ1n) is 9.78. The SMILES string of the molecule is Cc1noc(C)c1COc1cc2ccccc2cc1C(=O)OCc1ccc(C#N)cc1. The van der Waals surface area contributed by atoms with Crippen molar-refractivity contribution in [2.45, 2.75) is 27.1 Å². The third-order valence-corrected chi connectivity index (χ3v) is 5.07. The predicted octanol–water partition coefficient (Wildman–Crippen LogP) is 5.25. The highest BCUT2D eigenvalue weighted by molar-refractivity contribution is 5.98. The van der Waals surface area contributed by atoms with Crippen LogP contribution in [-0.4, -0.2) is 11.1 Å². The second kappa shape index (κ2) is 8.72. The molecule has 0 aliphatic rings. The molecular weight excluding hydrogens is 392 g/mol. The normalized spacial score (nSPS) is 10.6. The first-order valence-corrected chi connectivity index (χ1v) is 9.78. The van der Waals surface area contributed by atoms with Crippen molar-refractivity contribution in [3.05, 3.63) is 94.4 Å². The fourth-order valence-electron chi connectivity index (χ4n) is 3.26. The molecule has 4 aromatic rings. The number of carbonyl (C=O) groups is 1. The molecule has 0 aliphatic carbocycles. The first-order chi connectivity index (χ1) is 15.0. The molecule has 0 radical (unpaired) electrons. The van der Waals surface area contributed by atoms with Crippen LogP contribution in [0.4, 0.5) is 0 Å². The maximum atomic E-state index is 12.9. The molecule has 0 saturated heterocycles. The average molecular weight is 412 g/mol. The van der Waals surface area contributed by atoms with Crippen molar-refractivity contribution in [2.75, 3.05) is 0 Å². The molecule has 0 amide bonds. The second-order valence-corrected chi connectivity index (χ2v) is 7.17. The van der Waals surface area contributed by atoms with E-state index in [0.717, 1.165) is 27.6 Å². The highest BCUT2D eigenvalue weighted by atomic mass is 16.5. The van der Waals surface area contributed by atoms with Gasteiger partial charge in [-0.15, -0.1) is 0 Å². The van der Waals surface area contributed by atoms with Gasteiger partial charge in [0, 0.05) is 0 Å². The number of ether oxygens (including phenoxy) is 2. The van der Waals surface area contributed by atoms with Crippen LogP contribution >= 0.6 is 0 Å². The molecule has 1 aromatic heterocycles. The number of esters is 1. The first kappa shape index (κ1) is 20.2. The van der Waals surface area contributed by atoms with E-state index in [1.807, 2.05) is 44.2 Å². The fraction of sp³-hybridized carbons (Fsp3) is 0.160. The van der Waals surface area contributed by atoms with Gasteiger partial charge < -0.3 is 14.0 Å².